The Balaban J connectivity index is 1.95. The molecule has 0 aliphatic carbocycles. The lowest BCUT2D eigenvalue weighted by Crippen LogP contribution is -1.89. The molecule has 0 saturated heterocycles. The fourth-order valence-corrected chi connectivity index (χ4v) is 3.32. The molecule has 0 aliphatic heterocycles. The highest BCUT2D eigenvalue weighted by Gasteiger charge is 2.11. The van der Waals surface area contributed by atoms with E-state index in [1.54, 1.807) is 0 Å². The van der Waals surface area contributed by atoms with Crippen molar-refractivity contribution < 1.29 is 0 Å². The molecule has 120 valence electrons. The number of aryl methyl sites for hydroxylation is 1. The first-order chi connectivity index (χ1) is 12.3. The average molecular weight is 320 g/mol. The Kier molecular flexibility index (Phi) is 4.18. The van der Waals surface area contributed by atoms with Crippen LogP contribution >= 0.6 is 0 Å². The Morgan fingerprint density at radius 2 is 1.00 bits per heavy atom. The minimum absolute atomic E-state index is 1.25. The van der Waals surface area contributed by atoms with E-state index in [4.69, 9.17) is 0 Å². The van der Waals surface area contributed by atoms with Crippen LogP contribution in [0.15, 0.2) is 103 Å². The second kappa shape index (κ2) is 6.78. The van der Waals surface area contributed by atoms with Gasteiger partial charge in [-0.2, -0.15) is 0 Å². The molecule has 0 bridgehead atoms. The summed E-state index contributed by atoms with van der Waals surface area (Å²) in [6.07, 6.45) is 0. The second-order valence-corrected chi connectivity index (χ2v) is 6.31. The molecule has 0 spiro atoms. The van der Waals surface area contributed by atoms with Gasteiger partial charge in [-0.15, -0.1) is 0 Å². The predicted octanol–water partition coefficient (Wildman–Crippen LogP) is 7.00. The Morgan fingerprint density at radius 3 is 1.68 bits per heavy atom. The summed E-state index contributed by atoms with van der Waals surface area (Å²) in [6.45, 7) is 2.18. The fraction of sp³-hybridized carbons (Fsp3) is 0.0400. The standard InChI is InChI=1S/C25H20/c1-19-10-8-9-15-23(19)24-17-16-22(20-11-4-2-5-12-20)18-25(24)21-13-6-3-7-14-21/h2-18H,1H3. The minimum Gasteiger partial charge on any atom is -0.0622 e. The Bertz CT molecular complexity index is 983. The molecule has 0 radical (unpaired) electrons. The molecule has 0 N–H and O–H groups in total. The molecule has 4 rings (SSSR count). The van der Waals surface area contributed by atoms with Gasteiger partial charge in [0.25, 0.3) is 0 Å². The molecular weight excluding hydrogens is 300 g/mol. The number of rotatable bonds is 3. The number of benzene rings is 4. The summed E-state index contributed by atoms with van der Waals surface area (Å²) in [7, 11) is 0. The molecule has 0 heterocycles. The van der Waals surface area contributed by atoms with Crippen molar-refractivity contribution in [1.82, 2.24) is 0 Å². The van der Waals surface area contributed by atoms with Crippen LogP contribution in [0.25, 0.3) is 33.4 Å². The van der Waals surface area contributed by atoms with Gasteiger partial charge in [-0.05, 0) is 51.9 Å². The van der Waals surface area contributed by atoms with E-state index < -0.39 is 0 Å². The maximum absolute atomic E-state index is 2.31. The number of hydrogen-bond acceptors (Lipinski definition) is 0. The Hall–Kier alpha value is -3.12. The van der Waals surface area contributed by atoms with Crippen LogP contribution in [0.5, 0.6) is 0 Å². The van der Waals surface area contributed by atoms with Crippen LogP contribution in [0.1, 0.15) is 5.56 Å². The Labute approximate surface area is 149 Å². The van der Waals surface area contributed by atoms with Gasteiger partial charge in [-0.1, -0.05) is 97.1 Å². The van der Waals surface area contributed by atoms with E-state index in [0.717, 1.165) is 0 Å². The molecule has 0 atom stereocenters. The van der Waals surface area contributed by atoms with Crippen LogP contribution in [0, 0.1) is 6.92 Å². The summed E-state index contributed by atoms with van der Waals surface area (Å²) in [5.74, 6) is 0. The highest BCUT2D eigenvalue weighted by molar-refractivity contribution is 5.88. The van der Waals surface area contributed by atoms with Gasteiger partial charge in [0.1, 0.15) is 0 Å². The summed E-state index contributed by atoms with van der Waals surface area (Å²) in [4.78, 5) is 0. The topological polar surface area (TPSA) is 0 Å². The first kappa shape index (κ1) is 15.4. The predicted molar refractivity (Wildman–Crippen MR) is 107 cm³/mol. The zero-order valence-corrected chi connectivity index (χ0v) is 14.3. The third kappa shape index (κ3) is 3.12. The van der Waals surface area contributed by atoms with Crippen LogP contribution in [-0.4, -0.2) is 0 Å². The van der Waals surface area contributed by atoms with Gasteiger partial charge in [0.2, 0.25) is 0 Å². The quantitative estimate of drug-likeness (QED) is 0.381. The van der Waals surface area contributed by atoms with Crippen molar-refractivity contribution in [2.24, 2.45) is 0 Å². The molecule has 4 aromatic rings. The maximum Gasteiger partial charge on any atom is -0.00991 e. The molecule has 0 fully saturated rings. The zero-order valence-electron chi connectivity index (χ0n) is 14.3. The van der Waals surface area contributed by atoms with E-state index in [9.17, 15) is 0 Å². The Morgan fingerprint density at radius 1 is 0.400 bits per heavy atom. The molecule has 25 heavy (non-hydrogen) atoms. The van der Waals surface area contributed by atoms with Gasteiger partial charge >= 0.3 is 0 Å². The van der Waals surface area contributed by atoms with E-state index in [1.807, 2.05) is 0 Å². The van der Waals surface area contributed by atoms with Gasteiger partial charge in [0, 0.05) is 0 Å². The largest absolute Gasteiger partial charge is 0.0622 e. The average Bonchev–Trinajstić information content (AvgIpc) is 2.69. The number of hydrogen-bond donors (Lipinski definition) is 0. The van der Waals surface area contributed by atoms with Crippen molar-refractivity contribution in [3.63, 3.8) is 0 Å². The van der Waals surface area contributed by atoms with Crippen LogP contribution in [0.2, 0.25) is 0 Å². The maximum atomic E-state index is 2.31. The van der Waals surface area contributed by atoms with Crippen LogP contribution in [0.4, 0.5) is 0 Å². The van der Waals surface area contributed by atoms with Gasteiger partial charge in [-0.25, -0.2) is 0 Å². The van der Waals surface area contributed by atoms with Crippen molar-refractivity contribution in [1.29, 1.82) is 0 Å². The van der Waals surface area contributed by atoms with Gasteiger partial charge < -0.3 is 0 Å². The molecule has 0 unspecified atom stereocenters. The summed E-state index contributed by atoms with van der Waals surface area (Å²) < 4.78 is 0. The van der Waals surface area contributed by atoms with Crippen molar-refractivity contribution in [2.45, 2.75) is 6.92 Å². The van der Waals surface area contributed by atoms with E-state index in [-0.39, 0.29) is 0 Å². The summed E-state index contributed by atoms with van der Waals surface area (Å²) >= 11 is 0. The lowest BCUT2D eigenvalue weighted by atomic mass is 9.89. The van der Waals surface area contributed by atoms with Crippen molar-refractivity contribution in [3.8, 4) is 33.4 Å². The summed E-state index contributed by atoms with van der Waals surface area (Å²) in [5.41, 5.74) is 8.89. The van der Waals surface area contributed by atoms with Crippen LogP contribution in [0.3, 0.4) is 0 Å². The molecule has 0 heteroatoms. The minimum atomic E-state index is 1.25. The van der Waals surface area contributed by atoms with E-state index >= 15 is 0 Å². The van der Waals surface area contributed by atoms with Crippen LogP contribution < -0.4 is 0 Å². The monoisotopic (exact) mass is 320 g/mol. The molecule has 0 amide bonds. The van der Waals surface area contributed by atoms with E-state index in [0.29, 0.717) is 0 Å². The fourth-order valence-electron chi connectivity index (χ4n) is 3.32. The first-order valence-corrected chi connectivity index (χ1v) is 8.64. The lowest BCUT2D eigenvalue weighted by molar-refractivity contribution is 1.45. The highest BCUT2D eigenvalue weighted by atomic mass is 14.1. The van der Waals surface area contributed by atoms with Crippen molar-refractivity contribution >= 4 is 0 Å². The van der Waals surface area contributed by atoms with Gasteiger partial charge in [0.05, 0.1) is 0 Å². The lowest BCUT2D eigenvalue weighted by Gasteiger charge is -2.15. The zero-order chi connectivity index (χ0) is 17.1. The second-order valence-electron chi connectivity index (χ2n) is 6.31. The normalized spacial score (nSPS) is 10.6. The van der Waals surface area contributed by atoms with E-state index in [1.165, 1.54) is 38.9 Å². The molecule has 0 saturated carbocycles. The summed E-state index contributed by atoms with van der Waals surface area (Å²) in [6, 6.07) is 36.6. The molecule has 0 aliphatic rings. The third-order valence-electron chi connectivity index (χ3n) is 4.65. The molecule has 0 nitrogen and oxygen atoms in total. The SMILES string of the molecule is Cc1ccccc1-c1ccc(-c2ccccc2)cc1-c1ccccc1. The van der Waals surface area contributed by atoms with Crippen molar-refractivity contribution in [2.75, 3.05) is 0 Å². The molecular formula is C25H20. The van der Waals surface area contributed by atoms with Crippen LogP contribution in [-0.2, 0) is 0 Å². The molecule has 4 aromatic carbocycles. The van der Waals surface area contributed by atoms with Gasteiger partial charge in [-0.3, -0.25) is 0 Å². The smallest absolute Gasteiger partial charge is 0.00991 e. The summed E-state index contributed by atoms with van der Waals surface area (Å²) in [5, 5.41) is 0. The molecule has 0 aromatic heterocycles. The first-order valence-electron chi connectivity index (χ1n) is 8.64. The highest BCUT2D eigenvalue weighted by Crippen LogP contribution is 2.36. The van der Waals surface area contributed by atoms with Gasteiger partial charge in [0.15, 0.2) is 0 Å². The van der Waals surface area contributed by atoms with Crippen molar-refractivity contribution in [3.05, 3.63) is 109 Å². The van der Waals surface area contributed by atoms with E-state index in [2.05, 4.69) is 110 Å². The third-order valence-corrected chi connectivity index (χ3v) is 4.65.